The number of hydrogen-bond donors (Lipinski definition) is 1. The summed E-state index contributed by atoms with van der Waals surface area (Å²) in [6, 6.07) is 13.8. The fourth-order valence-corrected chi connectivity index (χ4v) is 6.18. The van der Waals surface area contributed by atoms with Gasteiger partial charge in [0.15, 0.2) is 0 Å². The molecule has 7 nitrogen and oxygen atoms in total. The van der Waals surface area contributed by atoms with Crippen molar-refractivity contribution in [3.63, 3.8) is 0 Å². The summed E-state index contributed by atoms with van der Waals surface area (Å²) in [4.78, 5) is 29.0. The van der Waals surface area contributed by atoms with E-state index < -0.39 is 10.0 Å². The lowest BCUT2D eigenvalue weighted by Gasteiger charge is -2.24. The zero-order valence-corrected chi connectivity index (χ0v) is 25.2. The van der Waals surface area contributed by atoms with E-state index >= 15 is 0 Å². The molecule has 0 saturated heterocycles. The van der Waals surface area contributed by atoms with Crippen LogP contribution in [0.4, 0.5) is 5.69 Å². The summed E-state index contributed by atoms with van der Waals surface area (Å²) < 4.78 is 30.3. The van der Waals surface area contributed by atoms with Gasteiger partial charge >= 0.3 is 0 Å². The largest absolute Gasteiger partial charge is 0.347 e. The smallest absolute Gasteiger partial charge is 0.262 e. The number of amides is 2. The highest BCUT2D eigenvalue weighted by Crippen LogP contribution is 2.31. The van der Waals surface area contributed by atoms with E-state index in [1.165, 1.54) is 9.80 Å². The number of carbonyl (C=O) groups is 2. The van der Waals surface area contributed by atoms with Crippen LogP contribution < -0.4 is 4.72 Å². The predicted molar refractivity (Wildman–Crippen MR) is 155 cm³/mol. The third kappa shape index (κ3) is 6.45. The van der Waals surface area contributed by atoms with Gasteiger partial charge in [-0.25, -0.2) is 8.42 Å². The first-order valence-corrected chi connectivity index (χ1v) is 14.4. The number of halogens is 1. The van der Waals surface area contributed by atoms with Gasteiger partial charge in [0.05, 0.1) is 4.90 Å². The molecule has 0 fully saturated rings. The Kier molecular flexibility index (Phi) is 9.05. The quantitative estimate of drug-likeness (QED) is 0.369. The topological polar surface area (TPSA) is 86.8 Å². The molecule has 3 aromatic rings. The summed E-state index contributed by atoms with van der Waals surface area (Å²) in [5.41, 5.74) is 6.01. The molecule has 0 aliphatic rings. The second-order valence-electron chi connectivity index (χ2n) is 9.71. The third-order valence-electron chi connectivity index (χ3n) is 6.98. The van der Waals surface area contributed by atoms with Gasteiger partial charge in [-0.1, -0.05) is 28.1 Å². The second-order valence-corrected chi connectivity index (χ2v) is 12.2. The van der Waals surface area contributed by atoms with E-state index in [4.69, 9.17) is 0 Å². The van der Waals surface area contributed by atoms with Crippen molar-refractivity contribution in [1.29, 1.82) is 0 Å². The van der Waals surface area contributed by atoms with Crippen LogP contribution >= 0.6 is 15.9 Å². The molecule has 0 aliphatic carbocycles. The number of likely N-dealkylation sites (N-methyl/N-ethyl adjacent to an activating group) is 1. The van der Waals surface area contributed by atoms with Crippen molar-refractivity contribution < 1.29 is 18.0 Å². The molecule has 3 aromatic carbocycles. The molecule has 1 N–H and O–H groups in total. The molecule has 0 aliphatic heterocycles. The molecule has 0 spiro atoms. The lowest BCUT2D eigenvalue weighted by molar-refractivity contribution is -0.129. The first-order valence-electron chi connectivity index (χ1n) is 12.2. The van der Waals surface area contributed by atoms with E-state index in [1.54, 1.807) is 38.4 Å². The maximum absolute atomic E-state index is 13.4. The zero-order valence-electron chi connectivity index (χ0n) is 22.8. The van der Waals surface area contributed by atoms with Crippen molar-refractivity contribution in [2.24, 2.45) is 0 Å². The maximum Gasteiger partial charge on any atom is 0.262 e. The van der Waals surface area contributed by atoms with Crippen LogP contribution in [-0.4, -0.2) is 50.7 Å². The first kappa shape index (κ1) is 29.4. The highest BCUT2D eigenvalue weighted by atomic mass is 79.9. The molecule has 0 saturated carbocycles. The lowest BCUT2D eigenvalue weighted by atomic mass is 9.95. The maximum atomic E-state index is 13.4. The molecule has 0 heterocycles. The molecule has 3 rings (SSSR count). The van der Waals surface area contributed by atoms with Gasteiger partial charge in [-0.15, -0.1) is 0 Å². The number of hydrogen-bond acceptors (Lipinski definition) is 4. The van der Waals surface area contributed by atoms with E-state index in [1.807, 2.05) is 58.9 Å². The minimum absolute atomic E-state index is 0.0824. The zero-order chi connectivity index (χ0) is 28.4. The van der Waals surface area contributed by atoms with Crippen LogP contribution in [-0.2, 0) is 21.4 Å². The van der Waals surface area contributed by atoms with Crippen LogP contribution in [0, 0.1) is 34.6 Å². The number of benzene rings is 3. The Morgan fingerprint density at radius 2 is 1.29 bits per heavy atom. The van der Waals surface area contributed by atoms with Crippen LogP contribution in [0.3, 0.4) is 0 Å². The molecule has 0 atom stereocenters. The van der Waals surface area contributed by atoms with Gasteiger partial charge in [-0.3, -0.25) is 14.3 Å². The Balaban J connectivity index is 1.87. The predicted octanol–water partition coefficient (Wildman–Crippen LogP) is 5.52. The Hall–Kier alpha value is -3.17. The number of nitrogens with zero attached hydrogens (tertiary/aromatic N) is 2. The summed E-state index contributed by atoms with van der Waals surface area (Å²) in [6.45, 7) is 9.66. The van der Waals surface area contributed by atoms with Gasteiger partial charge in [0.2, 0.25) is 5.91 Å². The van der Waals surface area contributed by atoms with E-state index in [-0.39, 0.29) is 29.8 Å². The third-order valence-corrected chi connectivity index (χ3v) is 9.17. The molecular formula is C29H34BrN3O4S. The Morgan fingerprint density at radius 1 is 0.789 bits per heavy atom. The van der Waals surface area contributed by atoms with E-state index in [2.05, 4.69) is 20.7 Å². The monoisotopic (exact) mass is 599 g/mol. The minimum Gasteiger partial charge on any atom is -0.347 e. The van der Waals surface area contributed by atoms with Crippen molar-refractivity contribution >= 4 is 43.5 Å². The molecule has 9 heteroatoms. The summed E-state index contributed by atoms with van der Waals surface area (Å²) in [7, 11) is -0.565. The normalized spacial score (nSPS) is 11.3. The van der Waals surface area contributed by atoms with Crippen LogP contribution in [0.1, 0.15) is 43.7 Å². The van der Waals surface area contributed by atoms with Crippen molar-refractivity contribution in [3.05, 3.63) is 91.9 Å². The summed E-state index contributed by atoms with van der Waals surface area (Å²) in [6.07, 6.45) is 0. The molecule has 38 heavy (non-hydrogen) atoms. The molecule has 202 valence electrons. The van der Waals surface area contributed by atoms with E-state index in [0.29, 0.717) is 11.3 Å². The van der Waals surface area contributed by atoms with Crippen molar-refractivity contribution in [3.8, 4) is 0 Å². The van der Waals surface area contributed by atoms with Gasteiger partial charge in [-0.2, -0.15) is 0 Å². The second kappa shape index (κ2) is 11.7. The lowest BCUT2D eigenvalue weighted by Crippen LogP contribution is -2.39. The summed E-state index contributed by atoms with van der Waals surface area (Å²) in [5, 5.41) is 0. The summed E-state index contributed by atoms with van der Waals surface area (Å²) in [5.74, 6) is -0.525. The van der Waals surface area contributed by atoms with E-state index in [9.17, 15) is 18.0 Å². The van der Waals surface area contributed by atoms with Crippen molar-refractivity contribution in [2.75, 3.05) is 25.4 Å². The Labute approximate surface area is 234 Å². The summed E-state index contributed by atoms with van der Waals surface area (Å²) >= 11 is 3.41. The van der Waals surface area contributed by atoms with Crippen LogP contribution in [0.25, 0.3) is 0 Å². The van der Waals surface area contributed by atoms with Crippen molar-refractivity contribution in [2.45, 2.75) is 46.1 Å². The molecule has 2 amide bonds. The number of rotatable bonds is 8. The minimum atomic E-state index is -3.85. The highest BCUT2D eigenvalue weighted by molar-refractivity contribution is 9.10. The van der Waals surface area contributed by atoms with Gasteiger partial charge in [0.1, 0.15) is 6.54 Å². The fourth-order valence-electron chi connectivity index (χ4n) is 4.25. The molecule has 0 bridgehead atoms. The number of nitrogens with one attached hydrogen (secondary N) is 1. The van der Waals surface area contributed by atoms with E-state index in [0.717, 1.165) is 37.9 Å². The van der Waals surface area contributed by atoms with Gasteiger partial charge in [0, 0.05) is 36.4 Å². The molecule has 0 radical (unpaired) electrons. The first-order chi connectivity index (χ1) is 17.7. The molecule has 0 unspecified atom stereocenters. The van der Waals surface area contributed by atoms with Crippen molar-refractivity contribution in [1.82, 2.24) is 9.80 Å². The van der Waals surface area contributed by atoms with Crippen LogP contribution in [0.2, 0.25) is 0 Å². The van der Waals surface area contributed by atoms with Gasteiger partial charge < -0.3 is 9.80 Å². The molecule has 0 aromatic heterocycles. The fraction of sp³-hybridized carbons (Fsp3) is 0.310. The van der Waals surface area contributed by atoms with Gasteiger partial charge in [0.25, 0.3) is 15.9 Å². The number of sulfonamides is 1. The Morgan fingerprint density at radius 3 is 1.79 bits per heavy atom. The standard InChI is InChI=1S/C29H34BrN3O4S/c1-18-19(2)21(4)28(22(5)20(18)3)38(36,37)31-26-14-10-24(11-15-26)29(35)33(17-27(34)32(6)7)16-23-8-12-25(30)13-9-23/h8-15,31H,16-17H2,1-7H3. The number of anilines is 1. The molecular weight excluding hydrogens is 566 g/mol. The highest BCUT2D eigenvalue weighted by Gasteiger charge is 2.25. The SMILES string of the molecule is Cc1c(C)c(C)c(S(=O)(=O)Nc2ccc(C(=O)N(CC(=O)N(C)C)Cc3ccc(Br)cc3)cc2)c(C)c1C. The van der Waals surface area contributed by atoms with Crippen LogP contribution in [0.5, 0.6) is 0 Å². The van der Waals surface area contributed by atoms with Gasteiger partial charge in [-0.05, 0) is 104 Å². The Bertz CT molecular complexity index is 1440. The average molecular weight is 601 g/mol. The van der Waals surface area contributed by atoms with Crippen LogP contribution in [0.15, 0.2) is 57.9 Å². The number of carbonyl (C=O) groups excluding carboxylic acids is 2. The average Bonchev–Trinajstić information content (AvgIpc) is 2.86.